The zero-order valence-electron chi connectivity index (χ0n) is 15.8. The Bertz CT molecular complexity index is 665. The third-order valence-corrected chi connectivity index (χ3v) is 5.01. The Morgan fingerprint density at radius 3 is 2.50 bits per heavy atom. The minimum Gasteiger partial charge on any atom is -0.489 e. The van der Waals surface area contributed by atoms with Crippen LogP contribution in [0.2, 0.25) is 0 Å². The van der Waals surface area contributed by atoms with Crippen molar-refractivity contribution in [1.29, 1.82) is 0 Å². The van der Waals surface area contributed by atoms with Crippen LogP contribution >= 0.6 is 0 Å². The summed E-state index contributed by atoms with van der Waals surface area (Å²) in [6, 6.07) is 5.87. The summed E-state index contributed by atoms with van der Waals surface area (Å²) in [7, 11) is -1.49. The molecule has 9 heteroatoms. The maximum atomic E-state index is 12.9. The van der Waals surface area contributed by atoms with Gasteiger partial charge in [-0.05, 0) is 37.6 Å². The van der Waals surface area contributed by atoms with E-state index in [4.69, 9.17) is 4.74 Å². The number of aliphatic imine (C=N–C) groups is 1. The lowest BCUT2D eigenvalue weighted by Crippen LogP contribution is -2.42. The Hall–Kier alpha value is -1.87. The number of nitrogens with zero attached hydrogens (tertiary/aromatic N) is 2. The molecule has 0 aliphatic rings. The molecule has 0 aromatic heterocycles. The lowest BCUT2D eigenvalue weighted by molar-refractivity contribution is 0.223. The smallest absolute Gasteiger partial charge is 0.211 e. The second-order valence-electron chi connectivity index (χ2n) is 5.87. The minimum atomic E-state index is -3.16. The summed E-state index contributed by atoms with van der Waals surface area (Å²) in [6.07, 6.45) is 1.75. The van der Waals surface area contributed by atoms with Crippen molar-refractivity contribution in [3.8, 4) is 5.75 Å². The first-order valence-electron chi connectivity index (χ1n) is 8.58. The van der Waals surface area contributed by atoms with E-state index in [1.54, 1.807) is 19.2 Å². The van der Waals surface area contributed by atoms with Crippen molar-refractivity contribution in [3.63, 3.8) is 0 Å². The van der Waals surface area contributed by atoms with E-state index in [0.717, 1.165) is 0 Å². The van der Waals surface area contributed by atoms with E-state index >= 15 is 0 Å². The fourth-order valence-corrected chi connectivity index (χ4v) is 3.20. The summed E-state index contributed by atoms with van der Waals surface area (Å²) in [6.45, 7) is 5.75. The molecule has 0 saturated heterocycles. The highest BCUT2D eigenvalue weighted by molar-refractivity contribution is 7.88. The van der Waals surface area contributed by atoms with Gasteiger partial charge in [0.2, 0.25) is 10.0 Å². The van der Waals surface area contributed by atoms with Gasteiger partial charge in [0.15, 0.2) is 5.96 Å². The van der Waals surface area contributed by atoms with Crippen molar-refractivity contribution in [3.05, 3.63) is 30.1 Å². The van der Waals surface area contributed by atoms with Gasteiger partial charge in [0.25, 0.3) is 0 Å². The van der Waals surface area contributed by atoms with Crippen LogP contribution in [0.15, 0.2) is 29.3 Å². The first-order chi connectivity index (χ1) is 12.3. The van der Waals surface area contributed by atoms with Gasteiger partial charge >= 0.3 is 0 Å². The number of hydrogen-bond donors (Lipinski definition) is 2. The van der Waals surface area contributed by atoms with Crippen molar-refractivity contribution >= 4 is 16.0 Å². The van der Waals surface area contributed by atoms with Crippen molar-refractivity contribution in [2.24, 2.45) is 4.99 Å². The Balaban J connectivity index is 2.31. The highest BCUT2D eigenvalue weighted by Crippen LogP contribution is 2.12. The highest BCUT2D eigenvalue weighted by Gasteiger charge is 2.13. The molecule has 1 aromatic carbocycles. The molecule has 0 heterocycles. The number of sulfonamides is 1. The van der Waals surface area contributed by atoms with Gasteiger partial charge in [-0.3, -0.25) is 4.99 Å². The molecule has 0 spiro atoms. The number of nitrogens with one attached hydrogen (secondary N) is 2. The van der Waals surface area contributed by atoms with Crippen molar-refractivity contribution in [2.45, 2.75) is 26.4 Å². The predicted molar refractivity (Wildman–Crippen MR) is 103 cm³/mol. The molecule has 0 radical (unpaired) electrons. The molecule has 7 nitrogen and oxygen atoms in total. The van der Waals surface area contributed by atoms with E-state index in [-0.39, 0.29) is 11.9 Å². The summed E-state index contributed by atoms with van der Waals surface area (Å²) in [5, 5.41) is 6.28. The molecule has 26 heavy (non-hydrogen) atoms. The van der Waals surface area contributed by atoms with Gasteiger partial charge in [-0.15, -0.1) is 0 Å². The second kappa shape index (κ2) is 11.0. The summed E-state index contributed by atoms with van der Waals surface area (Å²) >= 11 is 0. The highest BCUT2D eigenvalue weighted by atomic mass is 32.2. The number of benzene rings is 1. The monoisotopic (exact) mass is 388 g/mol. The molecule has 0 aliphatic carbocycles. The van der Waals surface area contributed by atoms with Crippen LogP contribution in [0.1, 0.15) is 20.3 Å². The molecular formula is C17H29FN4O3S. The maximum Gasteiger partial charge on any atom is 0.211 e. The molecule has 1 unspecified atom stereocenters. The topological polar surface area (TPSA) is 83.0 Å². The summed E-state index contributed by atoms with van der Waals surface area (Å²) in [5.74, 6) is 0.913. The first-order valence-corrected chi connectivity index (χ1v) is 10.4. The molecular weight excluding hydrogens is 359 g/mol. The Morgan fingerprint density at radius 1 is 1.31 bits per heavy atom. The predicted octanol–water partition coefficient (Wildman–Crippen LogP) is 1.43. The average Bonchev–Trinajstić information content (AvgIpc) is 2.58. The number of halogens is 1. The largest absolute Gasteiger partial charge is 0.489 e. The van der Waals surface area contributed by atoms with Gasteiger partial charge < -0.3 is 15.4 Å². The van der Waals surface area contributed by atoms with E-state index in [1.807, 2.05) is 13.8 Å². The molecule has 148 valence electrons. The van der Waals surface area contributed by atoms with Crippen LogP contribution in [0.3, 0.4) is 0 Å². The van der Waals surface area contributed by atoms with Gasteiger partial charge in [-0.1, -0.05) is 6.92 Å². The summed E-state index contributed by atoms with van der Waals surface area (Å²) < 4.78 is 43.1. The molecule has 0 fully saturated rings. The van der Waals surface area contributed by atoms with Crippen LogP contribution in [0.4, 0.5) is 4.39 Å². The maximum absolute atomic E-state index is 12.9. The molecule has 1 rings (SSSR count). The third-order valence-electron chi connectivity index (χ3n) is 3.63. The molecule has 1 atom stereocenters. The molecule has 0 aliphatic heterocycles. The van der Waals surface area contributed by atoms with Crippen molar-refractivity contribution in [2.75, 3.05) is 39.5 Å². The minimum absolute atomic E-state index is 0.139. The summed E-state index contributed by atoms with van der Waals surface area (Å²) in [4.78, 5) is 4.12. The van der Waals surface area contributed by atoms with Gasteiger partial charge in [0.1, 0.15) is 17.7 Å². The van der Waals surface area contributed by atoms with Crippen LogP contribution in [0.25, 0.3) is 0 Å². The van der Waals surface area contributed by atoms with Crippen LogP contribution in [-0.2, 0) is 10.0 Å². The fourth-order valence-electron chi connectivity index (χ4n) is 2.27. The Kier molecular flexibility index (Phi) is 9.36. The van der Waals surface area contributed by atoms with Crippen molar-refractivity contribution in [1.82, 2.24) is 14.9 Å². The van der Waals surface area contributed by atoms with Gasteiger partial charge in [-0.2, -0.15) is 0 Å². The van der Waals surface area contributed by atoms with E-state index < -0.39 is 10.0 Å². The van der Waals surface area contributed by atoms with E-state index in [1.165, 1.54) is 22.7 Å². The molecule has 2 N–H and O–H groups in total. The van der Waals surface area contributed by atoms with E-state index in [2.05, 4.69) is 15.6 Å². The van der Waals surface area contributed by atoms with Crippen LogP contribution in [-0.4, -0.2) is 64.3 Å². The van der Waals surface area contributed by atoms with Gasteiger partial charge in [0, 0.05) is 26.7 Å². The van der Waals surface area contributed by atoms with E-state index in [9.17, 15) is 12.8 Å². The molecule has 0 bridgehead atoms. The SMILES string of the molecule is CCN(CCCNC(=NC)NCC(C)Oc1ccc(F)cc1)S(C)(=O)=O. The summed E-state index contributed by atoms with van der Waals surface area (Å²) in [5.41, 5.74) is 0. The van der Waals surface area contributed by atoms with Gasteiger partial charge in [-0.25, -0.2) is 17.1 Å². The first kappa shape index (κ1) is 22.2. The lowest BCUT2D eigenvalue weighted by Gasteiger charge is -2.19. The Labute approximate surface area is 155 Å². The molecule has 1 aromatic rings. The Morgan fingerprint density at radius 2 is 1.96 bits per heavy atom. The van der Waals surface area contributed by atoms with Crippen LogP contribution < -0.4 is 15.4 Å². The van der Waals surface area contributed by atoms with Crippen molar-refractivity contribution < 1.29 is 17.5 Å². The average molecular weight is 389 g/mol. The zero-order chi connectivity index (χ0) is 19.6. The quantitative estimate of drug-likeness (QED) is 0.360. The number of guanidine groups is 1. The third kappa shape index (κ3) is 8.48. The van der Waals surface area contributed by atoms with Gasteiger partial charge in [0.05, 0.1) is 12.8 Å². The fraction of sp³-hybridized carbons (Fsp3) is 0.588. The second-order valence-corrected chi connectivity index (χ2v) is 7.85. The normalized spacial score (nSPS) is 13.5. The molecule has 0 amide bonds. The van der Waals surface area contributed by atoms with Crippen LogP contribution in [0.5, 0.6) is 5.75 Å². The number of hydrogen-bond acceptors (Lipinski definition) is 4. The molecule has 0 saturated carbocycles. The zero-order valence-corrected chi connectivity index (χ0v) is 16.6. The lowest BCUT2D eigenvalue weighted by atomic mass is 10.3. The van der Waals surface area contributed by atoms with E-state index in [0.29, 0.717) is 44.3 Å². The number of rotatable bonds is 10. The standard InChI is InChI=1S/C17H29FN4O3S/c1-5-22(26(4,23)24)12-6-11-20-17(19-3)21-13-14(2)25-16-9-7-15(18)8-10-16/h7-10,14H,5-6,11-13H2,1-4H3,(H2,19,20,21). The number of ether oxygens (including phenoxy) is 1. The van der Waals surface area contributed by atoms with Crippen LogP contribution in [0, 0.1) is 5.82 Å².